The van der Waals surface area contributed by atoms with Crippen molar-refractivity contribution in [1.29, 1.82) is 0 Å². The van der Waals surface area contributed by atoms with E-state index in [1.807, 2.05) is 23.1 Å². The molecule has 30 heavy (non-hydrogen) atoms. The van der Waals surface area contributed by atoms with Crippen molar-refractivity contribution in [3.8, 4) is 5.75 Å². The second-order valence-corrected chi connectivity index (χ2v) is 9.30. The van der Waals surface area contributed by atoms with Crippen molar-refractivity contribution in [1.82, 2.24) is 4.90 Å². The van der Waals surface area contributed by atoms with Crippen LogP contribution >= 0.6 is 0 Å². The molecule has 0 saturated carbocycles. The van der Waals surface area contributed by atoms with E-state index >= 15 is 0 Å². The molecule has 162 valence electrons. The number of nitrogens with one attached hydrogen (secondary N) is 1. The summed E-state index contributed by atoms with van der Waals surface area (Å²) >= 11 is 0. The van der Waals surface area contributed by atoms with E-state index in [-0.39, 0.29) is 11.3 Å². The van der Waals surface area contributed by atoms with E-state index in [0.29, 0.717) is 6.54 Å². The quantitative estimate of drug-likeness (QED) is 0.794. The van der Waals surface area contributed by atoms with Crippen LogP contribution in [0.3, 0.4) is 0 Å². The number of amides is 1. The van der Waals surface area contributed by atoms with Crippen LogP contribution in [0.1, 0.15) is 31.9 Å². The lowest BCUT2D eigenvalue weighted by Gasteiger charge is -2.36. The number of quaternary nitrogens is 1. The third-order valence-corrected chi connectivity index (χ3v) is 5.84. The van der Waals surface area contributed by atoms with Crippen LogP contribution in [0.4, 0.5) is 5.69 Å². The lowest BCUT2D eigenvalue weighted by Crippen LogP contribution is -3.09. The molecular weight excluding hydrogens is 374 g/mol. The smallest absolute Gasteiger partial charge is 0.277 e. The first-order chi connectivity index (χ1) is 14.3. The number of benzene rings is 2. The maximum Gasteiger partial charge on any atom is 0.277 e. The van der Waals surface area contributed by atoms with Crippen LogP contribution in [0.25, 0.3) is 0 Å². The van der Waals surface area contributed by atoms with Gasteiger partial charge < -0.3 is 19.4 Å². The molecule has 5 heteroatoms. The summed E-state index contributed by atoms with van der Waals surface area (Å²) in [7, 11) is 3.80. The van der Waals surface area contributed by atoms with Crippen molar-refractivity contribution in [2.45, 2.75) is 32.7 Å². The average molecular weight is 411 g/mol. The number of likely N-dealkylation sites (N-methyl/N-ethyl adjacent to an activating group) is 1. The first kappa shape index (κ1) is 22.2. The van der Waals surface area contributed by atoms with Gasteiger partial charge in [-0.2, -0.15) is 0 Å². The molecular formula is C25H36N3O2+. The lowest BCUT2D eigenvalue weighted by molar-refractivity contribution is -0.885. The van der Waals surface area contributed by atoms with Crippen LogP contribution in [-0.4, -0.2) is 57.7 Å². The molecule has 1 saturated heterocycles. The summed E-state index contributed by atoms with van der Waals surface area (Å²) in [6, 6.07) is 16.9. The van der Waals surface area contributed by atoms with E-state index in [9.17, 15) is 4.79 Å². The van der Waals surface area contributed by atoms with Crippen molar-refractivity contribution >= 4 is 11.6 Å². The second kappa shape index (κ2) is 9.52. The van der Waals surface area contributed by atoms with Crippen molar-refractivity contribution in [2.24, 2.45) is 0 Å². The zero-order valence-corrected chi connectivity index (χ0v) is 19.1. The molecule has 3 rings (SSSR count). The lowest BCUT2D eigenvalue weighted by atomic mass is 9.87. The zero-order valence-electron chi connectivity index (χ0n) is 19.1. The maximum absolute atomic E-state index is 12.8. The summed E-state index contributed by atoms with van der Waals surface area (Å²) in [6.45, 7) is 11.2. The summed E-state index contributed by atoms with van der Waals surface area (Å²) < 4.78 is 5.48. The molecule has 2 aromatic carbocycles. The Hall–Kier alpha value is -2.53. The Labute approximate surface area is 181 Å². The molecule has 1 heterocycles. The van der Waals surface area contributed by atoms with Gasteiger partial charge in [0.15, 0.2) is 6.54 Å². The second-order valence-electron chi connectivity index (χ2n) is 9.30. The zero-order chi connectivity index (χ0) is 21.7. The molecule has 0 aromatic heterocycles. The number of para-hydroxylation sites is 2. The van der Waals surface area contributed by atoms with Gasteiger partial charge in [0.2, 0.25) is 0 Å². The molecule has 0 radical (unpaired) electrons. The Morgan fingerprint density at radius 2 is 1.63 bits per heavy atom. The standard InChI is InChI=1S/C25H35N3O2/c1-25(2,3)21-12-10-20(11-13-21)18-26(4)19-24(29)28-16-14-27(15-17-28)22-8-6-7-9-23(22)30-5/h6-13H,14-19H2,1-5H3/p+1. The topological polar surface area (TPSA) is 37.2 Å². The predicted molar refractivity (Wildman–Crippen MR) is 122 cm³/mol. The van der Waals surface area contributed by atoms with Gasteiger partial charge >= 0.3 is 0 Å². The maximum atomic E-state index is 12.8. The van der Waals surface area contributed by atoms with E-state index in [2.05, 4.69) is 63.1 Å². The molecule has 1 fully saturated rings. The summed E-state index contributed by atoms with van der Waals surface area (Å²) in [6.07, 6.45) is 0. The SMILES string of the molecule is COc1ccccc1N1CCN(C(=O)C[NH+](C)Cc2ccc(C(C)(C)C)cc2)CC1. The van der Waals surface area contributed by atoms with Crippen LogP contribution in [-0.2, 0) is 16.8 Å². The Balaban J connectivity index is 1.49. The van der Waals surface area contributed by atoms with Crippen LogP contribution in [0.15, 0.2) is 48.5 Å². The Bertz CT molecular complexity index is 834. The van der Waals surface area contributed by atoms with Gasteiger partial charge in [-0.05, 0) is 23.1 Å². The third kappa shape index (κ3) is 5.54. The summed E-state index contributed by atoms with van der Waals surface area (Å²) in [5.41, 5.74) is 3.88. The minimum Gasteiger partial charge on any atom is -0.495 e. The minimum absolute atomic E-state index is 0.166. The Morgan fingerprint density at radius 1 is 1.00 bits per heavy atom. The van der Waals surface area contributed by atoms with E-state index in [1.54, 1.807) is 7.11 Å². The van der Waals surface area contributed by atoms with Crippen molar-refractivity contribution < 1.29 is 14.4 Å². The summed E-state index contributed by atoms with van der Waals surface area (Å²) in [4.78, 5) is 18.3. The monoisotopic (exact) mass is 410 g/mol. The Morgan fingerprint density at radius 3 is 2.23 bits per heavy atom. The largest absolute Gasteiger partial charge is 0.495 e. The van der Waals surface area contributed by atoms with Gasteiger partial charge in [-0.3, -0.25) is 4.79 Å². The number of piperazine rings is 1. The van der Waals surface area contributed by atoms with Crippen LogP contribution < -0.4 is 14.5 Å². The van der Waals surface area contributed by atoms with Gasteiger partial charge in [0.25, 0.3) is 5.91 Å². The van der Waals surface area contributed by atoms with Crippen LogP contribution in [0, 0.1) is 0 Å². The molecule has 1 atom stereocenters. The minimum atomic E-state index is 0.166. The normalized spacial score (nSPS) is 15.8. The molecule has 5 nitrogen and oxygen atoms in total. The fraction of sp³-hybridized carbons (Fsp3) is 0.480. The molecule has 0 bridgehead atoms. The summed E-state index contributed by atoms with van der Waals surface area (Å²) in [5, 5.41) is 0. The number of hydrogen-bond acceptors (Lipinski definition) is 3. The van der Waals surface area contributed by atoms with Gasteiger partial charge in [0.05, 0.1) is 19.8 Å². The van der Waals surface area contributed by atoms with Crippen molar-refractivity contribution in [2.75, 3.05) is 51.8 Å². The third-order valence-electron chi connectivity index (χ3n) is 5.84. The highest BCUT2D eigenvalue weighted by molar-refractivity contribution is 5.77. The number of hydrogen-bond donors (Lipinski definition) is 1. The van der Waals surface area contributed by atoms with Gasteiger partial charge in [-0.25, -0.2) is 0 Å². The molecule has 1 aliphatic rings. The van der Waals surface area contributed by atoms with Gasteiger partial charge in [0, 0.05) is 31.7 Å². The van der Waals surface area contributed by atoms with Crippen molar-refractivity contribution in [3.05, 3.63) is 59.7 Å². The van der Waals surface area contributed by atoms with E-state index < -0.39 is 0 Å². The van der Waals surface area contributed by atoms with Gasteiger partial charge in [-0.1, -0.05) is 57.2 Å². The van der Waals surface area contributed by atoms with E-state index in [4.69, 9.17) is 4.74 Å². The number of methoxy groups -OCH3 is 1. The Kier molecular flexibility index (Phi) is 7.03. The average Bonchev–Trinajstić information content (AvgIpc) is 2.73. The molecule has 1 amide bonds. The van der Waals surface area contributed by atoms with Crippen molar-refractivity contribution in [3.63, 3.8) is 0 Å². The highest BCUT2D eigenvalue weighted by Crippen LogP contribution is 2.28. The predicted octanol–water partition coefficient (Wildman–Crippen LogP) is 2.36. The number of nitrogens with zero attached hydrogens (tertiary/aromatic N) is 2. The number of rotatable bonds is 6. The van der Waals surface area contributed by atoms with Gasteiger partial charge in [0.1, 0.15) is 12.3 Å². The molecule has 2 aromatic rings. The first-order valence-electron chi connectivity index (χ1n) is 10.8. The number of ether oxygens (including phenoxy) is 1. The van der Waals surface area contributed by atoms with Gasteiger partial charge in [-0.15, -0.1) is 0 Å². The highest BCUT2D eigenvalue weighted by Gasteiger charge is 2.24. The summed E-state index contributed by atoms with van der Waals surface area (Å²) in [5.74, 6) is 1.12. The van der Waals surface area contributed by atoms with E-state index in [1.165, 1.54) is 16.0 Å². The number of anilines is 1. The molecule has 0 aliphatic carbocycles. The molecule has 0 spiro atoms. The van der Waals surface area contributed by atoms with Crippen LogP contribution in [0.5, 0.6) is 5.75 Å². The molecule has 1 unspecified atom stereocenters. The first-order valence-corrected chi connectivity index (χ1v) is 10.8. The fourth-order valence-electron chi connectivity index (χ4n) is 3.99. The van der Waals surface area contributed by atoms with Crippen LogP contribution in [0.2, 0.25) is 0 Å². The molecule has 1 N–H and O–H groups in total. The highest BCUT2D eigenvalue weighted by atomic mass is 16.5. The molecule has 1 aliphatic heterocycles. The number of carbonyl (C=O) groups excluding carboxylic acids is 1. The van der Waals surface area contributed by atoms with E-state index in [0.717, 1.165) is 44.2 Å². The fourth-order valence-corrected chi connectivity index (χ4v) is 3.99. The number of carbonyl (C=O) groups is 1.